The van der Waals surface area contributed by atoms with Crippen LogP contribution in [0.1, 0.15) is 0 Å². The molecule has 0 aliphatic carbocycles. The van der Waals surface area contributed by atoms with Gasteiger partial charge >= 0.3 is 6.85 Å². The lowest BCUT2D eigenvalue weighted by molar-refractivity contribution is 1.22. The van der Waals surface area contributed by atoms with E-state index in [4.69, 9.17) is 4.98 Å². The lowest BCUT2D eigenvalue weighted by Crippen LogP contribution is -2.63. The van der Waals surface area contributed by atoms with E-state index in [2.05, 4.69) is 137 Å². The molecule has 3 aliphatic rings. The molecule has 39 heavy (non-hydrogen) atoms. The fourth-order valence-electron chi connectivity index (χ4n) is 6.88. The van der Waals surface area contributed by atoms with E-state index in [-0.39, 0.29) is 6.85 Å². The minimum absolute atomic E-state index is 0.0632. The van der Waals surface area contributed by atoms with Gasteiger partial charge in [0.05, 0.1) is 5.69 Å². The van der Waals surface area contributed by atoms with Crippen molar-refractivity contribution in [2.75, 3.05) is 9.71 Å². The van der Waals surface area contributed by atoms with E-state index in [1.165, 1.54) is 61.5 Å². The lowest BCUT2D eigenvalue weighted by atomic mass is 9.41. The van der Waals surface area contributed by atoms with Crippen molar-refractivity contribution in [3.8, 4) is 33.5 Å². The van der Waals surface area contributed by atoms with E-state index in [1.54, 1.807) is 0 Å². The van der Waals surface area contributed by atoms with Crippen LogP contribution in [-0.2, 0) is 0 Å². The Morgan fingerprint density at radius 1 is 0.487 bits per heavy atom. The van der Waals surface area contributed by atoms with E-state index in [1.807, 2.05) is 6.20 Å². The Bertz CT molecular complexity index is 1850. The van der Waals surface area contributed by atoms with Crippen LogP contribution in [0.5, 0.6) is 0 Å². The minimum Gasteiger partial charge on any atom is -0.376 e. The average Bonchev–Trinajstić information content (AvgIpc) is 3.02. The number of aromatic nitrogens is 1. The highest BCUT2D eigenvalue weighted by atomic mass is 15.2. The van der Waals surface area contributed by atoms with Crippen molar-refractivity contribution in [2.24, 2.45) is 0 Å². The maximum absolute atomic E-state index is 5.01. The molecule has 4 heterocycles. The van der Waals surface area contributed by atoms with Crippen LogP contribution in [0.3, 0.4) is 0 Å². The first kappa shape index (κ1) is 20.9. The van der Waals surface area contributed by atoms with Gasteiger partial charge in [0.1, 0.15) is 0 Å². The second kappa shape index (κ2) is 7.72. The summed E-state index contributed by atoms with van der Waals surface area (Å²) in [5, 5.41) is 0. The summed E-state index contributed by atoms with van der Waals surface area (Å²) in [6.45, 7) is 0.0632. The van der Waals surface area contributed by atoms with Crippen LogP contribution in [-0.4, -0.2) is 11.8 Å². The standard InChI is InChI=1S/C35H22BN3/c1-2-10-23(11-3-1)24-12-8-13-25(22-24)38-31-19-9-16-27-26-14-4-6-17-29(26)39-30-18-7-5-15-28(30)35-34(36(39)33(27)31)32(38)20-21-37-35/h1-22H. The van der Waals surface area contributed by atoms with Gasteiger partial charge in [-0.15, -0.1) is 0 Å². The van der Waals surface area contributed by atoms with Crippen molar-refractivity contribution in [1.29, 1.82) is 0 Å². The van der Waals surface area contributed by atoms with Crippen molar-refractivity contribution in [3.05, 3.63) is 134 Å². The number of rotatable bonds is 2. The second-order valence-corrected chi connectivity index (χ2v) is 10.4. The molecule has 0 spiro atoms. The summed E-state index contributed by atoms with van der Waals surface area (Å²) in [6.07, 6.45) is 1.97. The van der Waals surface area contributed by atoms with Gasteiger partial charge in [0.25, 0.3) is 0 Å². The molecule has 0 saturated carbocycles. The molecule has 0 atom stereocenters. The van der Waals surface area contributed by atoms with Gasteiger partial charge in [-0.1, -0.05) is 91.0 Å². The molecule has 3 nitrogen and oxygen atoms in total. The number of pyridine rings is 1. The highest BCUT2D eigenvalue weighted by molar-refractivity contribution is 6.95. The van der Waals surface area contributed by atoms with E-state index >= 15 is 0 Å². The van der Waals surface area contributed by atoms with Gasteiger partial charge in [-0.3, -0.25) is 4.98 Å². The molecule has 0 amide bonds. The third-order valence-corrected chi connectivity index (χ3v) is 8.42. The van der Waals surface area contributed by atoms with Crippen LogP contribution in [0.4, 0.5) is 28.4 Å². The summed E-state index contributed by atoms with van der Waals surface area (Å²) in [5.74, 6) is 0. The third kappa shape index (κ3) is 2.75. The minimum atomic E-state index is 0.0632. The Labute approximate surface area is 227 Å². The smallest absolute Gasteiger partial charge is 0.335 e. The second-order valence-electron chi connectivity index (χ2n) is 10.4. The number of hydrogen-bond acceptors (Lipinski definition) is 3. The zero-order valence-corrected chi connectivity index (χ0v) is 21.1. The van der Waals surface area contributed by atoms with Gasteiger partial charge < -0.3 is 9.71 Å². The Hall–Kier alpha value is -5.09. The molecule has 6 aromatic rings. The van der Waals surface area contributed by atoms with E-state index in [0.29, 0.717) is 0 Å². The van der Waals surface area contributed by atoms with Gasteiger partial charge in [-0.25, -0.2) is 0 Å². The van der Waals surface area contributed by atoms with Crippen LogP contribution in [0, 0.1) is 0 Å². The van der Waals surface area contributed by atoms with Crippen molar-refractivity contribution in [2.45, 2.75) is 0 Å². The van der Waals surface area contributed by atoms with Crippen LogP contribution in [0.25, 0.3) is 33.5 Å². The summed E-state index contributed by atoms with van der Waals surface area (Å²) in [7, 11) is 0. The largest absolute Gasteiger partial charge is 0.376 e. The van der Waals surface area contributed by atoms with Crippen LogP contribution in [0.2, 0.25) is 0 Å². The molecule has 0 bridgehead atoms. The van der Waals surface area contributed by atoms with Gasteiger partial charge in [-0.05, 0) is 58.6 Å². The molecule has 5 aromatic carbocycles. The summed E-state index contributed by atoms with van der Waals surface area (Å²) < 4.78 is 0. The predicted molar refractivity (Wildman–Crippen MR) is 162 cm³/mol. The molecule has 0 unspecified atom stereocenters. The maximum Gasteiger partial charge on any atom is 0.335 e. The zero-order chi connectivity index (χ0) is 25.5. The number of hydrogen-bond donors (Lipinski definition) is 0. The van der Waals surface area contributed by atoms with Gasteiger partial charge in [0, 0.05) is 51.2 Å². The molecule has 0 N–H and O–H groups in total. The number of anilines is 5. The van der Waals surface area contributed by atoms with E-state index < -0.39 is 0 Å². The summed E-state index contributed by atoms with van der Waals surface area (Å²) in [4.78, 5) is 10.0. The summed E-state index contributed by atoms with van der Waals surface area (Å²) >= 11 is 0. The van der Waals surface area contributed by atoms with Crippen LogP contribution < -0.4 is 20.6 Å². The molecule has 3 aliphatic heterocycles. The molecular formula is C35H22BN3. The fraction of sp³-hybridized carbons (Fsp3) is 0. The first-order valence-corrected chi connectivity index (χ1v) is 13.4. The summed E-state index contributed by atoms with van der Waals surface area (Å²) in [6, 6.07) is 46.0. The normalized spacial score (nSPS) is 13.5. The van der Waals surface area contributed by atoms with Gasteiger partial charge in [0.15, 0.2) is 0 Å². The van der Waals surface area contributed by atoms with Crippen molar-refractivity contribution in [1.82, 2.24) is 4.98 Å². The quantitative estimate of drug-likeness (QED) is 0.233. The summed E-state index contributed by atoms with van der Waals surface area (Å²) in [5.41, 5.74) is 15.9. The molecule has 4 heteroatoms. The highest BCUT2D eigenvalue weighted by Crippen LogP contribution is 2.50. The molecular weight excluding hydrogens is 473 g/mol. The first-order valence-electron chi connectivity index (χ1n) is 13.4. The number of fused-ring (bicyclic) bond motifs is 6. The highest BCUT2D eigenvalue weighted by Gasteiger charge is 2.49. The zero-order valence-electron chi connectivity index (χ0n) is 21.1. The topological polar surface area (TPSA) is 19.4 Å². The maximum atomic E-state index is 5.01. The number of benzene rings is 5. The monoisotopic (exact) mass is 495 g/mol. The lowest BCUT2D eigenvalue weighted by Gasteiger charge is -2.48. The van der Waals surface area contributed by atoms with E-state index in [0.717, 1.165) is 11.4 Å². The third-order valence-electron chi connectivity index (χ3n) is 8.42. The molecule has 1 aromatic heterocycles. The molecule has 0 saturated heterocycles. The van der Waals surface area contributed by atoms with Gasteiger partial charge in [-0.2, -0.15) is 0 Å². The number of para-hydroxylation sites is 2. The van der Waals surface area contributed by atoms with Crippen LogP contribution >= 0.6 is 0 Å². The SMILES string of the molecule is c1ccc(-c2cccc(N3c4cccc5c4B4c6c3ccnc6-c3ccccc3N4c3ccccc3-5)c2)cc1. The Balaban J connectivity index is 1.39. The number of nitrogens with zero attached hydrogens (tertiary/aromatic N) is 3. The predicted octanol–water partition coefficient (Wildman–Crippen LogP) is 7.44. The Morgan fingerprint density at radius 2 is 1.13 bits per heavy atom. The average molecular weight is 495 g/mol. The molecule has 9 rings (SSSR count). The first-order chi connectivity index (χ1) is 19.4. The van der Waals surface area contributed by atoms with Crippen molar-refractivity contribution < 1.29 is 0 Å². The van der Waals surface area contributed by atoms with Crippen molar-refractivity contribution in [3.63, 3.8) is 0 Å². The van der Waals surface area contributed by atoms with E-state index in [9.17, 15) is 0 Å². The Morgan fingerprint density at radius 3 is 2.00 bits per heavy atom. The van der Waals surface area contributed by atoms with Crippen LogP contribution in [0.15, 0.2) is 134 Å². The molecule has 0 fully saturated rings. The Kier molecular flexibility index (Phi) is 4.14. The van der Waals surface area contributed by atoms with Crippen molar-refractivity contribution >= 4 is 46.2 Å². The van der Waals surface area contributed by atoms with Gasteiger partial charge in [0.2, 0.25) is 0 Å². The molecule has 180 valence electrons. The fourth-order valence-corrected chi connectivity index (χ4v) is 6.88. The molecule has 0 radical (unpaired) electrons.